The summed E-state index contributed by atoms with van der Waals surface area (Å²) in [6, 6.07) is -0.347. The molecule has 0 spiro atoms. The number of hydrogen-bond donors (Lipinski definition) is 2. The normalized spacial score (nSPS) is 10.5. The summed E-state index contributed by atoms with van der Waals surface area (Å²) in [6.45, 7) is 2.69. The average Bonchev–Trinajstić information content (AvgIpc) is 2.92. The zero-order valence-corrected chi connectivity index (χ0v) is 15.6. The fourth-order valence-corrected chi connectivity index (χ4v) is 2.84. The minimum absolute atomic E-state index is 0.137. The Balaban J connectivity index is 2.46. The first-order valence-electron chi connectivity index (χ1n) is 8.38. The van der Waals surface area contributed by atoms with Crippen LogP contribution in [0.2, 0.25) is 0 Å². The number of nitrogens with one attached hydrogen (secondary N) is 1. The van der Waals surface area contributed by atoms with E-state index in [4.69, 9.17) is 10.5 Å². The number of ether oxygens (including phenoxy) is 1. The van der Waals surface area contributed by atoms with E-state index in [-0.39, 0.29) is 17.5 Å². The second-order valence-electron chi connectivity index (χ2n) is 5.85. The summed E-state index contributed by atoms with van der Waals surface area (Å²) < 4.78 is 9.68. The van der Waals surface area contributed by atoms with Gasteiger partial charge in [-0.3, -0.25) is 10.1 Å². The largest absolute Gasteiger partial charge is 0.476 e. The summed E-state index contributed by atoms with van der Waals surface area (Å²) in [5.41, 5.74) is 5.53. The Kier molecular flexibility index (Phi) is 9.14. The Morgan fingerprint density at radius 3 is 2.38 bits per heavy atom. The van der Waals surface area contributed by atoms with Gasteiger partial charge in [-0.2, -0.15) is 4.37 Å². The minimum atomic E-state index is -0.660. The zero-order chi connectivity index (χ0) is 17.9. The number of anilines is 1. The van der Waals surface area contributed by atoms with Crippen LogP contribution in [-0.4, -0.2) is 41.9 Å². The number of nitrogens with two attached hydrogens (primary N) is 1. The van der Waals surface area contributed by atoms with Crippen molar-refractivity contribution in [1.29, 1.82) is 0 Å². The van der Waals surface area contributed by atoms with Crippen LogP contribution in [0.3, 0.4) is 0 Å². The zero-order valence-electron chi connectivity index (χ0n) is 14.8. The van der Waals surface area contributed by atoms with E-state index >= 15 is 0 Å². The first kappa shape index (κ1) is 20.2. The molecule has 0 unspecified atom stereocenters. The molecule has 0 aromatic carbocycles. The van der Waals surface area contributed by atoms with Gasteiger partial charge in [0, 0.05) is 14.1 Å². The van der Waals surface area contributed by atoms with E-state index in [1.54, 1.807) is 14.1 Å². The molecule has 0 bridgehead atoms. The van der Waals surface area contributed by atoms with Crippen molar-refractivity contribution in [2.45, 2.75) is 51.9 Å². The van der Waals surface area contributed by atoms with E-state index in [0.717, 1.165) is 24.4 Å². The molecule has 0 aliphatic rings. The van der Waals surface area contributed by atoms with Crippen LogP contribution in [0.4, 0.5) is 9.80 Å². The second-order valence-corrected chi connectivity index (χ2v) is 6.62. The van der Waals surface area contributed by atoms with Gasteiger partial charge in [-0.25, -0.2) is 4.79 Å². The van der Waals surface area contributed by atoms with Crippen molar-refractivity contribution in [3.05, 3.63) is 5.56 Å². The third-order valence-corrected chi connectivity index (χ3v) is 4.27. The van der Waals surface area contributed by atoms with Crippen molar-refractivity contribution in [2.75, 3.05) is 26.0 Å². The predicted molar refractivity (Wildman–Crippen MR) is 96.8 cm³/mol. The van der Waals surface area contributed by atoms with Gasteiger partial charge in [-0.15, -0.1) is 0 Å². The molecule has 1 rings (SSSR count). The molecular weight excluding hydrogens is 328 g/mol. The number of amides is 3. The van der Waals surface area contributed by atoms with E-state index < -0.39 is 5.91 Å². The summed E-state index contributed by atoms with van der Waals surface area (Å²) in [7, 11) is 3.22. The van der Waals surface area contributed by atoms with Crippen LogP contribution in [0, 0.1) is 0 Å². The van der Waals surface area contributed by atoms with E-state index in [1.807, 2.05) is 0 Å². The molecule has 0 radical (unpaired) electrons. The molecule has 0 saturated carbocycles. The molecule has 0 fully saturated rings. The van der Waals surface area contributed by atoms with Crippen LogP contribution in [-0.2, 0) is 0 Å². The Hall–Kier alpha value is -1.83. The predicted octanol–water partition coefficient (Wildman–Crippen LogP) is 3.46. The highest BCUT2D eigenvalue weighted by molar-refractivity contribution is 7.11. The van der Waals surface area contributed by atoms with Gasteiger partial charge in [0.05, 0.1) is 6.61 Å². The van der Waals surface area contributed by atoms with Crippen LogP contribution >= 0.6 is 11.5 Å². The minimum Gasteiger partial charge on any atom is -0.476 e. The van der Waals surface area contributed by atoms with Crippen LogP contribution in [0.5, 0.6) is 5.88 Å². The Morgan fingerprint density at radius 1 is 1.17 bits per heavy atom. The van der Waals surface area contributed by atoms with E-state index in [9.17, 15) is 9.59 Å². The molecule has 0 aliphatic heterocycles. The molecule has 1 heterocycles. The highest BCUT2D eigenvalue weighted by Crippen LogP contribution is 2.30. The highest BCUT2D eigenvalue weighted by Gasteiger charge is 2.22. The number of carbonyl (C=O) groups is 2. The second kappa shape index (κ2) is 10.9. The van der Waals surface area contributed by atoms with E-state index in [2.05, 4.69) is 16.6 Å². The number of primary amides is 1. The molecule has 1 aromatic heterocycles. The standard InChI is InChI=1S/C16H28N4O3S/c1-4-5-6-7-8-9-10-11-23-14-12(13(17)21)15(24-19-14)18-16(22)20(2)3/h4-11H2,1-3H3,(H2,17,21)(H,18,22). The molecule has 136 valence electrons. The van der Waals surface area contributed by atoms with Crippen molar-refractivity contribution >= 4 is 28.5 Å². The fourth-order valence-electron chi connectivity index (χ4n) is 2.11. The molecule has 0 aliphatic carbocycles. The molecule has 7 nitrogen and oxygen atoms in total. The Morgan fingerprint density at radius 2 is 1.79 bits per heavy atom. The van der Waals surface area contributed by atoms with Crippen molar-refractivity contribution < 1.29 is 14.3 Å². The van der Waals surface area contributed by atoms with Gasteiger partial charge in [-0.05, 0) is 18.0 Å². The summed E-state index contributed by atoms with van der Waals surface area (Å²) in [5.74, 6) is -0.458. The topological polar surface area (TPSA) is 97.6 Å². The van der Waals surface area contributed by atoms with Gasteiger partial charge in [0.2, 0.25) is 5.88 Å². The number of unbranched alkanes of at least 4 members (excludes halogenated alkanes) is 6. The third kappa shape index (κ3) is 6.74. The molecular formula is C16H28N4O3S. The first-order chi connectivity index (χ1) is 11.5. The number of urea groups is 1. The number of nitrogens with zero attached hydrogens (tertiary/aromatic N) is 2. The summed E-state index contributed by atoms with van der Waals surface area (Å²) in [4.78, 5) is 24.7. The van der Waals surface area contributed by atoms with Crippen molar-refractivity contribution in [2.24, 2.45) is 5.73 Å². The molecule has 8 heteroatoms. The molecule has 3 N–H and O–H groups in total. The lowest BCUT2D eigenvalue weighted by Crippen LogP contribution is -2.28. The Bertz CT molecular complexity index is 531. The summed E-state index contributed by atoms with van der Waals surface area (Å²) in [6.07, 6.45) is 8.24. The maximum absolute atomic E-state index is 11.7. The van der Waals surface area contributed by atoms with Gasteiger partial charge in [0.15, 0.2) is 0 Å². The number of rotatable bonds is 11. The summed E-state index contributed by atoms with van der Waals surface area (Å²) >= 11 is 0.993. The SMILES string of the molecule is CCCCCCCCCOc1nsc(NC(=O)N(C)C)c1C(N)=O. The smallest absolute Gasteiger partial charge is 0.321 e. The van der Waals surface area contributed by atoms with E-state index in [0.29, 0.717) is 11.6 Å². The van der Waals surface area contributed by atoms with Crippen molar-refractivity contribution in [3.8, 4) is 5.88 Å². The first-order valence-corrected chi connectivity index (χ1v) is 9.15. The van der Waals surface area contributed by atoms with E-state index in [1.165, 1.54) is 37.0 Å². The molecule has 24 heavy (non-hydrogen) atoms. The lowest BCUT2D eigenvalue weighted by Gasteiger charge is -2.11. The lowest BCUT2D eigenvalue weighted by atomic mass is 10.1. The van der Waals surface area contributed by atoms with Crippen molar-refractivity contribution in [3.63, 3.8) is 0 Å². The lowest BCUT2D eigenvalue weighted by molar-refractivity contribution is 0.0997. The fraction of sp³-hybridized carbons (Fsp3) is 0.688. The molecule has 1 aromatic rings. The highest BCUT2D eigenvalue weighted by atomic mass is 32.1. The van der Waals surface area contributed by atoms with Crippen LogP contribution < -0.4 is 15.8 Å². The number of carbonyl (C=O) groups excluding carboxylic acids is 2. The molecule has 0 atom stereocenters. The number of aromatic nitrogens is 1. The van der Waals surface area contributed by atoms with Crippen LogP contribution in [0.25, 0.3) is 0 Å². The van der Waals surface area contributed by atoms with Gasteiger partial charge < -0.3 is 15.4 Å². The van der Waals surface area contributed by atoms with Gasteiger partial charge in [-0.1, -0.05) is 45.4 Å². The maximum atomic E-state index is 11.7. The maximum Gasteiger partial charge on any atom is 0.321 e. The monoisotopic (exact) mass is 356 g/mol. The van der Waals surface area contributed by atoms with Crippen LogP contribution in [0.1, 0.15) is 62.2 Å². The third-order valence-electron chi connectivity index (χ3n) is 3.52. The molecule has 3 amide bonds. The quantitative estimate of drug-likeness (QED) is 0.593. The summed E-state index contributed by atoms with van der Waals surface area (Å²) in [5, 5.41) is 2.92. The van der Waals surface area contributed by atoms with Gasteiger partial charge in [0.1, 0.15) is 10.6 Å². The molecule has 0 saturated heterocycles. The average molecular weight is 356 g/mol. The van der Waals surface area contributed by atoms with Crippen LogP contribution in [0.15, 0.2) is 0 Å². The van der Waals surface area contributed by atoms with Gasteiger partial charge in [0.25, 0.3) is 5.91 Å². The van der Waals surface area contributed by atoms with Crippen molar-refractivity contribution in [1.82, 2.24) is 9.27 Å². The van der Waals surface area contributed by atoms with Gasteiger partial charge >= 0.3 is 6.03 Å². The number of hydrogen-bond acceptors (Lipinski definition) is 5. The Labute approximate surface area is 147 Å².